The molecule has 2 heterocycles. The Morgan fingerprint density at radius 1 is 1.19 bits per heavy atom. The first-order valence-corrected chi connectivity index (χ1v) is 10.5. The Morgan fingerprint density at radius 2 is 1.97 bits per heavy atom. The number of fused-ring (bicyclic) bond motifs is 1. The summed E-state index contributed by atoms with van der Waals surface area (Å²) in [5.41, 5.74) is 1.20. The molecule has 1 amide bonds. The number of benzene rings is 2. The van der Waals surface area contributed by atoms with Crippen molar-refractivity contribution in [3.05, 3.63) is 86.2 Å². The number of methoxy groups -OCH3 is 1. The number of nitrogens with one attached hydrogen (secondary N) is 1. The molecule has 0 aliphatic carbocycles. The van der Waals surface area contributed by atoms with Gasteiger partial charge in [-0.25, -0.2) is 4.98 Å². The van der Waals surface area contributed by atoms with Gasteiger partial charge in [0.15, 0.2) is 4.96 Å². The molecule has 0 saturated carbocycles. The van der Waals surface area contributed by atoms with E-state index < -0.39 is 0 Å². The number of nitrogens with zero attached hydrogens (tertiary/aromatic N) is 2. The number of hydrogen-bond acceptors (Lipinski definition) is 6. The molecule has 0 aliphatic heterocycles. The molecule has 0 fully saturated rings. The summed E-state index contributed by atoms with van der Waals surface area (Å²) in [6.07, 6.45) is 1.76. The second kappa shape index (κ2) is 8.79. The van der Waals surface area contributed by atoms with E-state index in [0.29, 0.717) is 38.4 Å². The van der Waals surface area contributed by atoms with Crippen LogP contribution < -0.4 is 20.3 Å². The number of amides is 1. The van der Waals surface area contributed by atoms with Crippen LogP contribution in [0, 0.1) is 6.92 Å². The lowest BCUT2D eigenvalue weighted by molar-refractivity contribution is 0.102. The SMILES string of the molecule is COc1ccc(C(=O)Nc2cc(Cl)ccc2OCc2cc(=O)n3cc(C)sc3n2)cc1. The van der Waals surface area contributed by atoms with Crippen molar-refractivity contribution in [1.82, 2.24) is 9.38 Å². The molecule has 31 heavy (non-hydrogen) atoms. The number of carbonyl (C=O) groups excluding carboxylic acids is 1. The molecule has 0 bridgehead atoms. The van der Waals surface area contributed by atoms with Gasteiger partial charge < -0.3 is 14.8 Å². The minimum absolute atomic E-state index is 0.0652. The number of aromatic nitrogens is 2. The highest BCUT2D eigenvalue weighted by atomic mass is 35.5. The second-order valence-corrected chi connectivity index (χ2v) is 8.34. The molecule has 0 unspecified atom stereocenters. The number of anilines is 1. The van der Waals surface area contributed by atoms with Gasteiger partial charge in [0.1, 0.15) is 18.1 Å². The molecule has 0 spiro atoms. The minimum Gasteiger partial charge on any atom is -0.497 e. The highest BCUT2D eigenvalue weighted by molar-refractivity contribution is 7.16. The van der Waals surface area contributed by atoms with Crippen molar-refractivity contribution in [3.8, 4) is 11.5 Å². The number of thiazole rings is 1. The largest absolute Gasteiger partial charge is 0.497 e. The normalized spacial score (nSPS) is 10.8. The van der Waals surface area contributed by atoms with Crippen LogP contribution in [0.2, 0.25) is 5.02 Å². The maximum absolute atomic E-state index is 12.6. The van der Waals surface area contributed by atoms with Crippen LogP contribution in [-0.4, -0.2) is 22.4 Å². The third kappa shape index (κ3) is 4.70. The standard InChI is InChI=1S/C22H18ClN3O4S/c1-13-11-26-20(27)10-16(24-22(26)31-13)12-30-19-8-5-15(23)9-18(19)25-21(28)14-3-6-17(29-2)7-4-14/h3-11H,12H2,1-2H3,(H,25,28). The molecule has 0 aliphatic rings. The first kappa shape index (κ1) is 20.9. The third-order valence-electron chi connectivity index (χ3n) is 4.45. The van der Waals surface area contributed by atoms with Crippen molar-refractivity contribution in [2.45, 2.75) is 13.5 Å². The number of rotatable bonds is 6. The number of carbonyl (C=O) groups is 1. The van der Waals surface area contributed by atoms with Crippen molar-refractivity contribution < 1.29 is 14.3 Å². The summed E-state index contributed by atoms with van der Waals surface area (Å²) in [7, 11) is 1.56. The van der Waals surface area contributed by atoms with Gasteiger partial charge in [0.2, 0.25) is 0 Å². The molecule has 4 rings (SSSR count). The molecule has 2 aromatic carbocycles. The highest BCUT2D eigenvalue weighted by Gasteiger charge is 2.13. The van der Waals surface area contributed by atoms with Gasteiger partial charge in [0.25, 0.3) is 11.5 Å². The summed E-state index contributed by atoms with van der Waals surface area (Å²) >= 11 is 7.54. The number of halogens is 1. The summed E-state index contributed by atoms with van der Waals surface area (Å²) < 4.78 is 12.5. The van der Waals surface area contributed by atoms with Crippen molar-refractivity contribution in [3.63, 3.8) is 0 Å². The average Bonchev–Trinajstić information content (AvgIpc) is 3.14. The zero-order valence-electron chi connectivity index (χ0n) is 16.7. The lowest BCUT2D eigenvalue weighted by atomic mass is 10.2. The predicted octanol–water partition coefficient (Wildman–Crippen LogP) is 4.56. The first-order chi connectivity index (χ1) is 14.9. The van der Waals surface area contributed by atoms with Crippen LogP contribution in [0.25, 0.3) is 4.96 Å². The molecule has 158 valence electrons. The fourth-order valence-electron chi connectivity index (χ4n) is 2.95. The second-order valence-electron chi connectivity index (χ2n) is 6.69. The molecule has 1 N–H and O–H groups in total. The maximum atomic E-state index is 12.6. The smallest absolute Gasteiger partial charge is 0.258 e. The molecular formula is C22H18ClN3O4S. The van der Waals surface area contributed by atoms with Gasteiger partial charge in [0, 0.05) is 27.7 Å². The van der Waals surface area contributed by atoms with Crippen LogP contribution in [0.1, 0.15) is 20.9 Å². The van der Waals surface area contributed by atoms with Gasteiger partial charge in [-0.1, -0.05) is 11.6 Å². The number of ether oxygens (including phenoxy) is 2. The molecule has 9 heteroatoms. The van der Waals surface area contributed by atoms with Gasteiger partial charge in [0.05, 0.1) is 18.5 Å². The van der Waals surface area contributed by atoms with Crippen LogP contribution in [0.5, 0.6) is 11.5 Å². The van der Waals surface area contributed by atoms with E-state index in [1.165, 1.54) is 21.8 Å². The molecular weight excluding hydrogens is 438 g/mol. The molecule has 0 radical (unpaired) electrons. The summed E-state index contributed by atoms with van der Waals surface area (Å²) in [4.78, 5) is 31.0. The van der Waals surface area contributed by atoms with Gasteiger partial charge in [-0.2, -0.15) is 0 Å². The fourth-order valence-corrected chi connectivity index (χ4v) is 3.97. The van der Waals surface area contributed by atoms with E-state index >= 15 is 0 Å². The van der Waals surface area contributed by atoms with Crippen LogP contribution in [0.15, 0.2) is 59.5 Å². The van der Waals surface area contributed by atoms with Crippen LogP contribution in [-0.2, 0) is 6.61 Å². The average molecular weight is 456 g/mol. The van der Waals surface area contributed by atoms with Crippen LogP contribution >= 0.6 is 22.9 Å². The van der Waals surface area contributed by atoms with E-state index in [-0.39, 0.29) is 18.1 Å². The molecule has 4 aromatic rings. The van der Waals surface area contributed by atoms with Crippen LogP contribution in [0.4, 0.5) is 5.69 Å². The molecule has 2 aromatic heterocycles. The van der Waals surface area contributed by atoms with E-state index in [2.05, 4.69) is 10.3 Å². The zero-order chi connectivity index (χ0) is 22.0. The summed E-state index contributed by atoms with van der Waals surface area (Å²) in [6.45, 7) is 1.98. The quantitative estimate of drug-likeness (QED) is 0.461. The summed E-state index contributed by atoms with van der Waals surface area (Å²) in [5.74, 6) is 0.752. The van der Waals surface area contributed by atoms with Gasteiger partial charge in [-0.05, 0) is 49.4 Å². The van der Waals surface area contributed by atoms with Crippen LogP contribution in [0.3, 0.4) is 0 Å². The predicted molar refractivity (Wildman–Crippen MR) is 121 cm³/mol. The zero-order valence-corrected chi connectivity index (χ0v) is 18.3. The fraction of sp³-hybridized carbons (Fsp3) is 0.136. The Balaban J connectivity index is 1.54. The Kier molecular flexibility index (Phi) is 5.92. The Bertz CT molecular complexity index is 1310. The van der Waals surface area contributed by atoms with Crippen molar-refractivity contribution >= 4 is 39.5 Å². The van der Waals surface area contributed by atoms with E-state index in [0.717, 1.165) is 4.88 Å². The maximum Gasteiger partial charge on any atom is 0.258 e. The van der Waals surface area contributed by atoms with Crippen molar-refractivity contribution in [2.24, 2.45) is 0 Å². The van der Waals surface area contributed by atoms with E-state index in [1.54, 1.807) is 55.8 Å². The molecule has 0 saturated heterocycles. The topological polar surface area (TPSA) is 81.9 Å². The van der Waals surface area contributed by atoms with Gasteiger partial charge >= 0.3 is 0 Å². The monoisotopic (exact) mass is 455 g/mol. The van der Waals surface area contributed by atoms with Gasteiger partial charge in [-0.3, -0.25) is 14.0 Å². The Labute approximate surface area is 186 Å². The first-order valence-electron chi connectivity index (χ1n) is 9.29. The lowest BCUT2D eigenvalue weighted by Gasteiger charge is -2.13. The summed E-state index contributed by atoms with van der Waals surface area (Å²) in [6, 6.07) is 13.1. The van der Waals surface area contributed by atoms with Crippen molar-refractivity contribution in [1.29, 1.82) is 0 Å². The minimum atomic E-state index is -0.318. The van der Waals surface area contributed by atoms with E-state index in [4.69, 9.17) is 21.1 Å². The number of hydrogen-bond donors (Lipinski definition) is 1. The highest BCUT2D eigenvalue weighted by Crippen LogP contribution is 2.29. The third-order valence-corrected chi connectivity index (χ3v) is 5.59. The molecule has 7 nitrogen and oxygen atoms in total. The van der Waals surface area contributed by atoms with E-state index in [9.17, 15) is 9.59 Å². The lowest BCUT2D eigenvalue weighted by Crippen LogP contribution is -2.15. The Hall–Kier alpha value is -3.36. The Morgan fingerprint density at radius 3 is 2.71 bits per heavy atom. The van der Waals surface area contributed by atoms with Gasteiger partial charge in [-0.15, -0.1) is 11.3 Å². The van der Waals surface area contributed by atoms with E-state index in [1.807, 2.05) is 6.92 Å². The number of aryl methyl sites for hydroxylation is 1. The summed E-state index contributed by atoms with van der Waals surface area (Å²) in [5, 5.41) is 3.26. The molecule has 0 atom stereocenters. The van der Waals surface area contributed by atoms with Crippen molar-refractivity contribution in [2.75, 3.05) is 12.4 Å².